The topological polar surface area (TPSA) is 20.2 Å². The second-order valence-corrected chi connectivity index (χ2v) is 6.45. The van der Waals surface area contributed by atoms with Crippen LogP contribution in [0.25, 0.3) is 0 Å². The van der Waals surface area contributed by atoms with Crippen LogP contribution in [0.15, 0.2) is 23.3 Å². The third kappa shape index (κ3) is 8.72. The summed E-state index contributed by atoms with van der Waals surface area (Å²) in [6.07, 6.45) is 6.24. The fraction of sp³-hybridized carbons (Fsp3) is 0.733. The van der Waals surface area contributed by atoms with Crippen molar-refractivity contribution in [3.05, 3.63) is 23.3 Å². The van der Waals surface area contributed by atoms with E-state index < -0.39 is 5.60 Å². The van der Waals surface area contributed by atoms with Crippen molar-refractivity contribution in [2.45, 2.75) is 66.9 Å². The standard InChI is InChI=1S/C15H28O/c1-12(2)10-14(4,5)11-13(3)8-9-15(6,7)16/h8,10,16H,9,11H2,1-7H3/b13-8+. The van der Waals surface area contributed by atoms with E-state index in [4.69, 9.17) is 0 Å². The number of allylic oxidation sites excluding steroid dienone is 3. The third-order valence-corrected chi connectivity index (χ3v) is 2.36. The molecule has 0 aromatic heterocycles. The first-order chi connectivity index (χ1) is 7.02. The highest BCUT2D eigenvalue weighted by Crippen LogP contribution is 2.28. The maximum Gasteiger partial charge on any atom is 0.0626 e. The van der Waals surface area contributed by atoms with Crippen LogP contribution < -0.4 is 0 Å². The summed E-state index contributed by atoms with van der Waals surface area (Å²) >= 11 is 0. The van der Waals surface area contributed by atoms with Gasteiger partial charge in [0, 0.05) is 0 Å². The molecular formula is C15H28O. The summed E-state index contributed by atoms with van der Waals surface area (Å²) in [7, 11) is 0. The van der Waals surface area contributed by atoms with Crippen LogP contribution in [0.4, 0.5) is 0 Å². The molecule has 0 aromatic rings. The number of aliphatic hydroxyl groups is 1. The van der Waals surface area contributed by atoms with E-state index in [0.717, 1.165) is 12.8 Å². The highest BCUT2D eigenvalue weighted by atomic mass is 16.3. The van der Waals surface area contributed by atoms with Crippen molar-refractivity contribution in [2.75, 3.05) is 0 Å². The highest BCUT2D eigenvalue weighted by molar-refractivity contribution is 5.10. The van der Waals surface area contributed by atoms with Gasteiger partial charge < -0.3 is 5.11 Å². The van der Waals surface area contributed by atoms with Crippen molar-refractivity contribution in [3.63, 3.8) is 0 Å². The van der Waals surface area contributed by atoms with E-state index in [1.54, 1.807) is 0 Å². The molecule has 94 valence electrons. The Morgan fingerprint density at radius 2 is 1.56 bits per heavy atom. The molecule has 0 amide bonds. The van der Waals surface area contributed by atoms with Gasteiger partial charge in [-0.05, 0) is 52.9 Å². The predicted molar refractivity (Wildman–Crippen MR) is 72.5 cm³/mol. The van der Waals surface area contributed by atoms with Crippen LogP contribution in [0, 0.1) is 5.41 Å². The molecule has 0 saturated carbocycles. The maximum atomic E-state index is 9.65. The molecule has 0 heterocycles. The van der Waals surface area contributed by atoms with Gasteiger partial charge in [-0.15, -0.1) is 0 Å². The highest BCUT2D eigenvalue weighted by Gasteiger charge is 2.16. The van der Waals surface area contributed by atoms with Gasteiger partial charge in [0.15, 0.2) is 0 Å². The van der Waals surface area contributed by atoms with Crippen molar-refractivity contribution in [3.8, 4) is 0 Å². The molecule has 0 aliphatic heterocycles. The largest absolute Gasteiger partial charge is 0.390 e. The van der Waals surface area contributed by atoms with E-state index in [0.29, 0.717) is 0 Å². The lowest BCUT2D eigenvalue weighted by molar-refractivity contribution is 0.0836. The van der Waals surface area contributed by atoms with E-state index in [2.05, 4.69) is 46.8 Å². The van der Waals surface area contributed by atoms with E-state index in [1.165, 1.54) is 11.1 Å². The molecule has 0 fully saturated rings. The smallest absolute Gasteiger partial charge is 0.0626 e. The Balaban J connectivity index is 4.45. The molecule has 1 heteroatoms. The minimum absolute atomic E-state index is 0.207. The number of hydrogen-bond donors (Lipinski definition) is 1. The molecule has 0 radical (unpaired) electrons. The average molecular weight is 224 g/mol. The summed E-state index contributed by atoms with van der Waals surface area (Å²) in [5, 5.41) is 9.65. The molecule has 0 aromatic carbocycles. The minimum Gasteiger partial charge on any atom is -0.390 e. The van der Waals surface area contributed by atoms with Crippen molar-refractivity contribution in [2.24, 2.45) is 5.41 Å². The second kappa shape index (κ2) is 5.67. The van der Waals surface area contributed by atoms with Gasteiger partial charge in [0.05, 0.1) is 5.60 Å². The Bertz CT molecular complexity index is 270. The molecule has 0 aliphatic rings. The summed E-state index contributed by atoms with van der Waals surface area (Å²) in [6.45, 7) is 14.6. The molecule has 1 nitrogen and oxygen atoms in total. The Morgan fingerprint density at radius 3 is 1.94 bits per heavy atom. The van der Waals surface area contributed by atoms with Gasteiger partial charge in [0.1, 0.15) is 0 Å². The predicted octanol–water partition coefficient (Wildman–Crippen LogP) is 4.48. The molecule has 0 aliphatic carbocycles. The quantitative estimate of drug-likeness (QED) is 0.683. The van der Waals surface area contributed by atoms with Gasteiger partial charge in [-0.3, -0.25) is 0 Å². The molecule has 0 saturated heterocycles. The van der Waals surface area contributed by atoms with Gasteiger partial charge >= 0.3 is 0 Å². The summed E-state index contributed by atoms with van der Waals surface area (Å²) in [4.78, 5) is 0. The van der Waals surface area contributed by atoms with Crippen molar-refractivity contribution < 1.29 is 5.11 Å². The molecule has 0 bridgehead atoms. The summed E-state index contributed by atoms with van der Waals surface area (Å²) in [5.41, 5.74) is 2.32. The zero-order valence-corrected chi connectivity index (χ0v) is 12.0. The second-order valence-electron chi connectivity index (χ2n) is 6.45. The Kier molecular flexibility index (Phi) is 5.48. The van der Waals surface area contributed by atoms with Crippen LogP contribution in [-0.4, -0.2) is 10.7 Å². The van der Waals surface area contributed by atoms with Gasteiger partial charge in [-0.25, -0.2) is 0 Å². The maximum absolute atomic E-state index is 9.65. The summed E-state index contributed by atoms with van der Waals surface area (Å²) < 4.78 is 0. The lowest BCUT2D eigenvalue weighted by Crippen LogP contribution is -2.17. The van der Waals surface area contributed by atoms with Crippen LogP contribution in [0.1, 0.15) is 61.3 Å². The van der Waals surface area contributed by atoms with Crippen LogP contribution >= 0.6 is 0 Å². The van der Waals surface area contributed by atoms with E-state index in [-0.39, 0.29) is 5.41 Å². The molecule has 0 spiro atoms. The Labute approximate surface area is 101 Å². The van der Waals surface area contributed by atoms with E-state index in [1.807, 2.05) is 13.8 Å². The van der Waals surface area contributed by atoms with Gasteiger partial charge in [-0.1, -0.05) is 37.1 Å². The first kappa shape index (κ1) is 15.4. The fourth-order valence-electron chi connectivity index (χ4n) is 2.05. The van der Waals surface area contributed by atoms with Crippen LogP contribution in [-0.2, 0) is 0 Å². The summed E-state index contributed by atoms with van der Waals surface area (Å²) in [5.74, 6) is 0. The lowest BCUT2D eigenvalue weighted by Gasteiger charge is -2.22. The molecular weight excluding hydrogens is 196 g/mol. The first-order valence-electron chi connectivity index (χ1n) is 6.06. The molecule has 0 unspecified atom stereocenters. The average Bonchev–Trinajstić information content (AvgIpc) is 1.95. The molecule has 16 heavy (non-hydrogen) atoms. The zero-order chi connectivity index (χ0) is 13.0. The normalized spacial score (nSPS) is 13.9. The first-order valence-corrected chi connectivity index (χ1v) is 6.06. The third-order valence-electron chi connectivity index (χ3n) is 2.36. The number of hydrogen-bond acceptors (Lipinski definition) is 1. The van der Waals surface area contributed by atoms with E-state index >= 15 is 0 Å². The van der Waals surface area contributed by atoms with Crippen molar-refractivity contribution in [1.82, 2.24) is 0 Å². The fourth-order valence-corrected chi connectivity index (χ4v) is 2.05. The SMILES string of the molecule is CC(C)=CC(C)(C)C/C(C)=C/CC(C)(C)O. The van der Waals surface area contributed by atoms with Gasteiger partial charge in [0.2, 0.25) is 0 Å². The zero-order valence-electron chi connectivity index (χ0n) is 12.0. The van der Waals surface area contributed by atoms with E-state index in [9.17, 15) is 5.11 Å². The van der Waals surface area contributed by atoms with Crippen LogP contribution in [0.3, 0.4) is 0 Å². The van der Waals surface area contributed by atoms with Crippen molar-refractivity contribution >= 4 is 0 Å². The number of rotatable bonds is 5. The molecule has 0 atom stereocenters. The van der Waals surface area contributed by atoms with Crippen LogP contribution in [0.2, 0.25) is 0 Å². The van der Waals surface area contributed by atoms with Crippen LogP contribution in [0.5, 0.6) is 0 Å². The van der Waals surface area contributed by atoms with Gasteiger partial charge in [0.25, 0.3) is 0 Å². The van der Waals surface area contributed by atoms with Crippen molar-refractivity contribution in [1.29, 1.82) is 0 Å². The summed E-state index contributed by atoms with van der Waals surface area (Å²) in [6, 6.07) is 0. The lowest BCUT2D eigenvalue weighted by atomic mass is 9.84. The minimum atomic E-state index is -0.595. The monoisotopic (exact) mass is 224 g/mol. The Morgan fingerprint density at radius 1 is 1.06 bits per heavy atom. The Hall–Kier alpha value is -0.560. The molecule has 1 N–H and O–H groups in total. The molecule has 0 rings (SSSR count). The van der Waals surface area contributed by atoms with Gasteiger partial charge in [-0.2, -0.15) is 0 Å².